The zero-order valence-electron chi connectivity index (χ0n) is 22.5. The van der Waals surface area contributed by atoms with Crippen molar-refractivity contribution < 1.29 is 14.3 Å². The topological polar surface area (TPSA) is 52.5 Å². The van der Waals surface area contributed by atoms with Crippen molar-refractivity contribution in [3.8, 4) is 11.5 Å². The summed E-state index contributed by atoms with van der Waals surface area (Å²) in [6.45, 7) is 4.42. The van der Waals surface area contributed by atoms with Gasteiger partial charge in [-0.25, -0.2) is 0 Å². The highest BCUT2D eigenvalue weighted by Gasteiger charge is 2.59. The molecular formula is C31H38N2O3S. The van der Waals surface area contributed by atoms with Crippen molar-refractivity contribution in [2.75, 3.05) is 20.5 Å². The first-order chi connectivity index (χ1) is 17.9. The lowest BCUT2D eigenvalue weighted by atomic mass is 9.77. The molecule has 2 aromatic carbocycles. The van der Waals surface area contributed by atoms with Crippen molar-refractivity contribution in [3.63, 3.8) is 0 Å². The summed E-state index contributed by atoms with van der Waals surface area (Å²) >= 11 is 1.35. The Labute approximate surface area is 225 Å². The maximum atomic E-state index is 12.1. The first-order valence-electron chi connectivity index (χ1n) is 13.2. The molecule has 1 fully saturated rings. The van der Waals surface area contributed by atoms with Gasteiger partial charge in [0.15, 0.2) is 0 Å². The SMILES string of the molecule is COc1cc([C@@H](C)C2(CC3Cc4ccccc4C3)CC2n2ccc(CC(=O)NSC)c2)cc(OC)c1C. The predicted octanol–water partition coefficient (Wildman–Crippen LogP) is 6.29. The molecule has 0 saturated heterocycles. The molecule has 0 radical (unpaired) electrons. The van der Waals surface area contributed by atoms with E-state index in [1.54, 1.807) is 14.2 Å². The monoisotopic (exact) mass is 518 g/mol. The average Bonchev–Trinajstić information content (AvgIpc) is 3.21. The van der Waals surface area contributed by atoms with E-state index >= 15 is 0 Å². The number of nitrogens with one attached hydrogen (secondary N) is 1. The maximum Gasteiger partial charge on any atom is 0.234 e. The summed E-state index contributed by atoms with van der Waals surface area (Å²) in [4.78, 5) is 12.1. The van der Waals surface area contributed by atoms with Crippen LogP contribution in [0.5, 0.6) is 11.5 Å². The molecular weight excluding hydrogens is 480 g/mol. The molecule has 0 spiro atoms. The molecule has 1 amide bonds. The van der Waals surface area contributed by atoms with E-state index in [0.29, 0.717) is 24.3 Å². The van der Waals surface area contributed by atoms with E-state index in [1.807, 2.05) is 13.2 Å². The number of aromatic nitrogens is 1. The minimum atomic E-state index is 0.0447. The molecule has 5 nitrogen and oxygen atoms in total. The van der Waals surface area contributed by atoms with E-state index < -0.39 is 0 Å². The third-order valence-electron chi connectivity index (χ3n) is 8.73. The van der Waals surface area contributed by atoms with Crippen molar-refractivity contribution in [1.29, 1.82) is 0 Å². The van der Waals surface area contributed by atoms with Crippen LogP contribution >= 0.6 is 11.9 Å². The Morgan fingerprint density at radius 1 is 1.14 bits per heavy atom. The molecule has 1 heterocycles. The second-order valence-electron chi connectivity index (χ2n) is 10.8. The molecule has 1 saturated carbocycles. The number of carbonyl (C=O) groups excluding carboxylic acids is 1. The van der Waals surface area contributed by atoms with Gasteiger partial charge in [0, 0.05) is 30.3 Å². The van der Waals surface area contributed by atoms with Crippen LogP contribution in [0.2, 0.25) is 0 Å². The van der Waals surface area contributed by atoms with Gasteiger partial charge in [-0.3, -0.25) is 4.79 Å². The summed E-state index contributed by atoms with van der Waals surface area (Å²) in [6, 6.07) is 15.8. The molecule has 3 atom stereocenters. The molecule has 0 aliphatic heterocycles. The van der Waals surface area contributed by atoms with E-state index in [-0.39, 0.29) is 11.3 Å². The smallest absolute Gasteiger partial charge is 0.234 e. The van der Waals surface area contributed by atoms with Crippen LogP contribution in [0.3, 0.4) is 0 Å². The molecule has 2 aliphatic carbocycles. The zero-order chi connectivity index (χ0) is 26.2. The van der Waals surface area contributed by atoms with Crippen molar-refractivity contribution in [2.45, 2.75) is 57.9 Å². The van der Waals surface area contributed by atoms with Crippen LogP contribution in [0.15, 0.2) is 54.9 Å². The van der Waals surface area contributed by atoms with Crippen molar-refractivity contribution in [3.05, 3.63) is 82.7 Å². The molecule has 37 heavy (non-hydrogen) atoms. The molecule has 2 unspecified atom stereocenters. The molecule has 2 aliphatic rings. The Balaban J connectivity index is 1.45. The Morgan fingerprint density at radius 2 is 1.78 bits per heavy atom. The van der Waals surface area contributed by atoms with E-state index in [4.69, 9.17) is 9.47 Å². The van der Waals surface area contributed by atoms with Gasteiger partial charge in [0.05, 0.1) is 20.6 Å². The fourth-order valence-corrected chi connectivity index (χ4v) is 6.98. The number of amides is 1. The standard InChI is InChI=1S/C31H38N2O3S/c1-20-27(35-3)15-26(16-28(20)36-4)21(2)31(17-23-12-24-8-6-7-9-25(24)13-23)18-29(31)33-11-10-22(19-33)14-30(34)32-37-5/h6-11,15-16,19,21,23,29H,12-14,17-18H2,1-5H3,(H,32,34)/t21-,29?,31?/m1/s1. The maximum absolute atomic E-state index is 12.1. The van der Waals surface area contributed by atoms with Gasteiger partial charge in [-0.1, -0.05) is 43.1 Å². The van der Waals surface area contributed by atoms with Gasteiger partial charge < -0.3 is 18.8 Å². The highest BCUT2D eigenvalue weighted by Crippen LogP contribution is 2.68. The lowest BCUT2D eigenvalue weighted by Crippen LogP contribution is -2.20. The number of ether oxygens (including phenoxy) is 2. The normalized spacial score (nSPS) is 21.4. The number of nitrogens with zero attached hydrogens (tertiary/aromatic N) is 1. The first kappa shape index (κ1) is 25.8. The summed E-state index contributed by atoms with van der Waals surface area (Å²) in [5.41, 5.74) is 6.52. The Hall–Kier alpha value is -2.86. The molecule has 3 aromatic rings. The number of benzene rings is 2. The largest absolute Gasteiger partial charge is 0.496 e. The third kappa shape index (κ3) is 5.00. The molecule has 196 valence electrons. The highest BCUT2D eigenvalue weighted by molar-refractivity contribution is 7.97. The molecule has 0 bridgehead atoms. The van der Waals surface area contributed by atoms with Crippen molar-refractivity contribution >= 4 is 17.9 Å². The minimum absolute atomic E-state index is 0.0447. The van der Waals surface area contributed by atoms with Crippen molar-refractivity contribution in [2.24, 2.45) is 11.3 Å². The Kier molecular flexibility index (Phi) is 7.30. The van der Waals surface area contributed by atoms with E-state index in [1.165, 1.54) is 35.1 Å². The number of carbonyl (C=O) groups is 1. The lowest BCUT2D eigenvalue weighted by molar-refractivity contribution is -0.118. The highest BCUT2D eigenvalue weighted by atomic mass is 32.2. The van der Waals surface area contributed by atoms with Crippen LogP contribution in [0, 0.1) is 18.3 Å². The number of rotatable bonds is 10. The second kappa shape index (κ2) is 10.5. The first-order valence-corrected chi connectivity index (χ1v) is 14.4. The van der Waals surface area contributed by atoms with E-state index in [2.05, 4.69) is 71.1 Å². The average molecular weight is 519 g/mol. The quantitative estimate of drug-likeness (QED) is 0.321. The van der Waals surface area contributed by atoms with Gasteiger partial charge in [-0.15, -0.1) is 0 Å². The van der Waals surface area contributed by atoms with Gasteiger partial charge in [0.1, 0.15) is 11.5 Å². The lowest BCUT2D eigenvalue weighted by Gasteiger charge is -2.29. The summed E-state index contributed by atoms with van der Waals surface area (Å²) in [7, 11) is 3.46. The van der Waals surface area contributed by atoms with E-state index in [9.17, 15) is 4.79 Å². The number of hydrogen-bond donors (Lipinski definition) is 1. The van der Waals surface area contributed by atoms with Crippen LogP contribution in [-0.2, 0) is 24.1 Å². The Bertz CT molecular complexity index is 1230. The van der Waals surface area contributed by atoms with Crippen LogP contribution in [0.25, 0.3) is 0 Å². The fourth-order valence-electron chi connectivity index (χ4n) is 6.68. The molecule has 5 rings (SSSR count). The summed E-state index contributed by atoms with van der Waals surface area (Å²) in [5, 5.41) is 0. The van der Waals surface area contributed by atoms with Crippen LogP contribution < -0.4 is 14.2 Å². The zero-order valence-corrected chi connectivity index (χ0v) is 23.4. The predicted molar refractivity (Wildman–Crippen MR) is 151 cm³/mol. The van der Waals surface area contributed by atoms with Crippen LogP contribution in [-0.4, -0.2) is 30.9 Å². The molecule has 6 heteroatoms. The van der Waals surface area contributed by atoms with Gasteiger partial charge >= 0.3 is 0 Å². The van der Waals surface area contributed by atoms with Crippen LogP contribution in [0.1, 0.15) is 59.5 Å². The third-order valence-corrected chi connectivity index (χ3v) is 9.17. The second-order valence-corrected chi connectivity index (χ2v) is 11.5. The number of methoxy groups -OCH3 is 2. The van der Waals surface area contributed by atoms with Gasteiger partial charge in [-0.2, -0.15) is 0 Å². The van der Waals surface area contributed by atoms with Gasteiger partial charge in [0.25, 0.3) is 0 Å². The van der Waals surface area contributed by atoms with Crippen molar-refractivity contribution in [1.82, 2.24) is 9.29 Å². The van der Waals surface area contributed by atoms with Crippen LogP contribution in [0.4, 0.5) is 0 Å². The van der Waals surface area contributed by atoms with Gasteiger partial charge in [0.2, 0.25) is 5.91 Å². The summed E-state index contributed by atoms with van der Waals surface area (Å²) < 4.78 is 16.7. The number of hydrogen-bond acceptors (Lipinski definition) is 4. The Morgan fingerprint density at radius 3 is 2.38 bits per heavy atom. The summed E-state index contributed by atoms with van der Waals surface area (Å²) in [5.74, 6) is 2.77. The van der Waals surface area contributed by atoms with Gasteiger partial charge in [-0.05, 0) is 90.3 Å². The number of fused-ring (bicyclic) bond motifs is 1. The minimum Gasteiger partial charge on any atom is -0.496 e. The fraction of sp³-hybridized carbons (Fsp3) is 0.452. The summed E-state index contributed by atoms with van der Waals surface area (Å²) in [6.07, 6.45) is 11.2. The molecule has 1 N–H and O–H groups in total. The van der Waals surface area contributed by atoms with E-state index in [0.717, 1.165) is 41.9 Å². The molecule has 1 aromatic heterocycles.